The van der Waals surface area contributed by atoms with E-state index in [9.17, 15) is 9.59 Å². The van der Waals surface area contributed by atoms with E-state index in [2.05, 4.69) is 16.0 Å². The van der Waals surface area contributed by atoms with E-state index in [1.165, 1.54) is 6.92 Å². The summed E-state index contributed by atoms with van der Waals surface area (Å²) in [5.41, 5.74) is 1.07. The Kier molecular flexibility index (Phi) is 5.81. The van der Waals surface area contributed by atoms with E-state index in [0.717, 1.165) is 0 Å². The van der Waals surface area contributed by atoms with E-state index in [4.69, 9.17) is 4.74 Å². The standard InChI is InChI=1S/C13H19N3O3/c1-9(17)15-11-5-4-10(19-3)8-12(11)16-13(18)6-7-14-2/h4-5,8,14H,6-7H2,1-3H3,(H,15,17)(H,16,18). The van der Waals surface area contributed by atoms with Crippen molar-refractivity contribution in [2.24, 2.45) is 0 Å². The number of methoxy groups -OCH3 is 1. The summed E-state index contributed by atoms with van der Waals surface area (Å²) >= 11 is 0. The van der Waals surface area contributed by atoms with Gasteiger partial charge in [0.1, 0.15) is 5.75 Å². The Morgan fingerprint density at radius 2 is 1.95 bits per heavy atom. The molecule has 0 atom stereocenters. The molecule has 0 aliphatic rings. The molecule has 1 aromatic rings. The van der Waals surface area contributed by atoms with Gasteiger partial charge in [0.2, 0.25) is 11.8 Å². The first kappa shape index (κ1) is 15.0. The summed E-state index contributed by atoms with van der Waals surface area (Å²) < 4.78 is 5.10. The van der Waals surface area contributed by atoms with Gasteiger partial charge in [0, 0.05) is 26.0 Å². The quantitative estimate of drug-likeness (QED) is 0.722. The van der Waals surface area contributed by atoms with Crippen molar-refractivity contribution in [3.63, 3.8) is 0 Å². The van der Waals surface area contributed by atoms with Crippen LogP contribution in [0.2, 0.25) is 0 Å². The molecule has 0 spiro atoms. The van der Waals surface area contributed by atoms with Crippen LogP contribution in [-0.4, -0.2) is 32.5 Å². The molecule has 1 rings (SSSR count). The number of carbonyl (C=O) groups is 2. The first-order valence-electron chi connectivity index (χ1n) is 5.97. The molecule has 104 valence electrons. The van der Waals surface area contributed by atoms with Crippen molar-refractivity contribution in [1.29, 1.82) is 0 Å². The smallest absolute Gasteiger partial charge is 0.225 e. The topological polar surface area (TPSA) is 79.5 Å². The second-order valence-electron chi connectivity index (χ2n) is 3.99. The summed E-state index contributed by atoms with van der Waals surface area (Å²) in [6.45, 7) is 2.00. The Morgan fingerprint density at radius 3 is 2.53 bits per heavy atom. The minimum absolute atomic E-state index is 0.130. The van der Waals surface area contributed by atoms with Crippen LogP contribution in [0.15, 0.2) is 18.2 Å². The monoisotopic (exact) mass is 265 g/mol. The molecule has 3 N–H and O–H groups in total. The van der Waals surface area contributed by atoms with Crippen molar-refractivity contribution in [3.05, 3.63) is 18.2 Å². The lowest BCUT2D eigenvalue weighted by Gasteiger charge is -2.13. The highest BCUT2D eigenvalue weighted by Crippen LogP contribution is 2.27. The first-order chi connectivity index (χ1) is 9.06. The maximum atomic E-state index is 11.7. The van der Waals surface area contributed by atoms with Crippen molar-refractivity contribution >= 4 is 23.2 Å². The van der Waals surface area contributed by atoms with Gasteiger partial charge < -0.3 is 20.7 Å². The third-order valence-electron chi connectivity index (χ3n) is 2.41. The van der Waals surface area contributed by atoms with E-state index in [-0.39, 0.29) is 11.8 Å². The first-order valence-corrected chi connectivity index (χ1v) is 5.97. The zero-order chi connectivity index (χ0) is 14.3. The molecule has 0 bridgehead atoms. The second kappa shape index (κ2) is 7.38. The van der Waals surface area contributed by atoms with Crippen LogP contribution in [0.4, 0.5) is 11.4 Å². The summed E-state index contributed by atoms with van der Waals surface area (Å²) in [4.78, 5) is 22.8. The van der Waals surface area contributed by atoms with E-state index < -0.39 is 0 Å². The number of benzene rings is 1. The van der Waals surface area contributed by atoms with Crippen LogP contribution in [0.25, 0.3) is 0 Å². The van der Waals surface area contributed by atoms with Gasteiger partial charge in [-0.3, -0.25) is 9.59 Å². The van der Waals surface area contributed by atoms with Gasteiger partial charge in [-0.05, 0) is 19.2 Å². The highest BCUT2D eigenvalue weighted by atomic mass is 16.5. The molecule has 0 radical (unpaired) electrons. The molecule has 0 saturated carbocycles. The SMILES string of the molecule is CNCCC(=O)Nc1cc(OC)ccc1NC(C)=O. The summed E-state index contributed by atoms with van der Waals surface area (Å²) in [7, 11) is 3.32. The van der Waals surface area contributed by atoms with Gasteiger partial charge in [-0.1, -0.05) is 0 Å². The maximum Gasteiger partial charge on any atom is 0.225 e. The molecule has 1 aromatic carbocycles. The van der Waals surface area contributed by atoms with Crippen molar-refractivity contribution in [3.8, 4) is 5.75 Å². The van der Waals surface area contributed by atoms with Gasteiger partial charge in [0.15, 0.2) is 0 Å². The molecule has 0 aromatic heterocycles. The summed E-state index contributed by atoms with van der Waals surface area (Å²) in [5, 5.41) is 8.31. The summed E-state index contributed by atoms with van der Waals surface area (Å²) in [5.74, 6) is 0.281. The summed E-state index contributed by atoms with van der Waals surface area (Å²) in [6.07, 6.45) is 0.354. The van der Waals surface area contributed by atoms with Gasteiger partial charge in [-0.25, -0.2) is 0 Å². The average Bonchev–Trinajstić information content (AvgIpc) is 2.37. The fourth-order valence-corrected chi connectivity index (χ4v) is 1.50. The average molecular weight is 265 g/mol. The second-order valence-corrected chi connectivity index (χ2v) is 3.99. The number of anilines is 2. The highest BCUT2D eigenvalue weighted by Gasteiger charge is 2.09. The Balaban J connectivity index is 2.87. The molecule has 6 nitrogen and oxygen atoms in total. The van der Waals surface area contributed by atoms with Crippen LogP contribution in [-0.2, 0) is 9.59 Å². The maximum absolute atomic E-state index is 11.7. The van der Waals surface area contributed by atoms with Crippen molar-refractivity contribution < 1.29 is 14.3 Å². The Hall–Kier alpha value is -2.08. The van der Waals surface area contributed by atoms with E-state index >= 15 is 0 Å². The predicted octanol–water partition coefficient (Wildman–Crippen LogP) is 1.20. The molecule has 0 fully saturated rings. The molecule has 0 unspecified atom stereocenters. The van der Waals surface area contributed by atoms with Gasteiger partial charge in [-0.2, -0.15) is 0 Å². The Morgan fingerprint density at radius 1 is 1.21 bits per heavy atom. The van der Waals surface area contributed by atoms with Gasteiger partial charge in [-0.15, -0.1) is 0 Å². The van der Waals surface area contributed by atoms with Crippen LogP contribution >= 0.6 is 0 Å². The van der Waals surface area contributed by atoms with Gasteiger partial charge in [0.25, 0.3) is 0 Å². The third kappa shape index (κ3) is 4.97. The number of amides is 2. The number of nitrogens with one attached hydrogen (secondary N) is 3. The lowest BCUT2D eigenvalue weighted by Crippen LogP contribution is -2.19. The van der Waals surface area contributed by atoms with Crippen LogP contribution < -0.4 is 20.7 Å². The zero-order valence-electron chi connectivity index (χ0n) is 11.4. The molecule has 0 aliphatic carbocycles. The van der Waals surface area contributed by atoms with Crippen molar-refractivity contribution in [2.45, 2.75) is 13.3 Å². The lowest BCUT2D eigenvalue weighted by molar-refractivity contribution is -0.116. The number of ether oxygens (including phenoxy) is 1. The van der Waals surface area contributed by atoms with Crippen molar-refractivity contribution in [1.82, 2.24) is 5.32 Å². The third-order valence-corrected chi connectivity index (χ3v) is 2.41. The molecule has 6 heteroatoms. The predicted molar refractivity (Wildman–Crippen MR) is 74.5 cm³/mol. The summed E-state index contributed by atoms with van der Waals surface area (Å²) in [6, 6.07) is 5.07. The van der Waals surface area contributed by atoms with Gasteiger partial charge >= 0.3 is 0 Å². The number of carbonyl (C=O) groups excluding carboxylic acids is 2. The molecular formula is C13H19N3O3. The molecule has 0 heterocycles. The number of hydrogen-bond acceptors (Lipinski definition) is 4. The van der Waals surface area contributed by atoms with Crippen molar-refractivity contribution in [2.75, 3.05) is 31.3 Å². The fourth-order valence-electron chi connectivity index (χ4n) is 1.50. The number of hydrogen-bond donors (Lipinski definition) is 3. The van der Waals surface area contributed by atoms with Gasteiger partial charge in [0.05, 0.1) is 18.5 Å². The van der Waals surface area contributed by atoms with Crippen LogP contribution in [0, 0.1) is 0 Å². The Labute approximate surface area is 112 Å². The molecule has 0 aliphatic heterocycles. The minimum atomic E-state index is -0.198. The molecule has 0 saturated heterocycles. The van der Waals surface area contributed by atoms with Crippen LogP contribution in [0.5, 0.6) is 5.75 Å². The normalized spacial score (nSPS) is 9.84. The fraction of sp³-hybridized carbons (Fsp3) is 0.385. The van der Waals surface area contributed by atoms with E-state index in [1.807, 2.05) is 0 Å². The molecule has 2 amide bonds. The van der Waals surface area contributed by atoms with Crippen LogP contribution in [0.3, 0.4) is 0 Å². The van der Waals surface area contributed by atoms with E-state index in [1.54, 1.807) is 32.4 Å². The lowest BCUT2D eigenvalue weighted by atomic mass is 10.2. The van der Waals surface area contributed by atoms with Crippen LogP contribution in [0.1, 0.15) is 13.3 Å². The minimum Gasteiger partial charge on any atom is -0.497 e. The van der Waals surface area contributed by atoms with E-state index in [0.29, 0.717) is 30.1 Å². The molecular weight excluding hydrogens is 246 g/mol. The number of rotatable bonds is 6. The largest absolute Gasteiger partial charge is 0.497 e. The highest BCUT2D eigenvalue weighted by molar-refractivity contribution is 5.99. The zero-order valence-corrected chi connectivity index (χ0v) is 11.4. The Bertz CT molecular complexity index is 460. The molecule has 19 heavy (non-hydrogen) atoms.